The van der Waals surface area contributed by atoms with Crippen LogP contribution in [0.4, 0.5) is 0 Å². The van der Waals surface area contributed by atoms with Crippen LogP contribution in [-0.2, 0) is 6.54 Å². The SMILES string of the molecule is CCN(CC1CCN(Cc2cccc(Cl)c2)CC1)C(=O)c1cc2ccccc2[nH]1. The van der Waals surface area contributed by atoms with Crippen molar-refractivity contribution in [3.63, 3.8) is 0 Å². The average molecular weight is 410 g/mol. The van der Waals surface area contributed by atoms with Gasteiger partial charge in [-0.2, -0.15) is 0 Å². The lowest BCUT2D eigenvalue weighted by Crippen LogP contribution is -2.40. The van der Waals surface area contributed by atoms with Crippen LogP contribution in [0.25, 0.3) is 10.9 Å². The molecular formula is C24H28ClN3O. The third-order valence-electron chi connectivity index (χ3n) is 5.91. The highest BCUT2D eigenvalue weighted by atomic mass is 35.5. The number of piperidine rings is 1. The normalized spacial score (nSPS) is 15.7. The third kappa shape index (κ3) is 4.82. The summed E-state index contributed by atoms with van der Waals surface area (Å²) in [5, 5.41) is 1.88. The number of halogens is 1. The molecule has 0 spiro atoms. The fraction of sp³-hybridized carbons (Fsp3) is 0.375. The van der Waals surface area contributed by atoms with Crippen LogP contribution in [0.3, 0.4) is 0 Å². The Hall–Kier alpha value is -2.30. The number of fused-ring (bicyclic) bond motifs is 1. The fourth-order valence-electron chi connectivity index (χ4n) is 4.25. The minimum atomic E-state index is 0.102. The van der Waals surface area contributed by atoms with Gasteiger partial charge in [-0.1, -0.05) is 41.9 Å². The van der Waals surface area contributed by atoms with E-state index in [2.05, 4.69) is 22.9 Å². The summed E-state index contributed by atoms with van der Waals surface area (Å²) in [6, 6.07) is 18.1. The van der Waals surface area contributed by atoms with E-state index in [0.717, 1.165) is 61.5 Å². The molecule has 0 bridgehead atoms. The molecule has 4 rings (SSSR count). The van der Waals surface area contributed by atoms with Crippen LogP contribution < -0.4 is 0 Å². The first-order chi connectivity index (χ1) is 14.1. The van der Waals surface area contributed by atoms with E-state index in [9.17, 15) is 4.79 Å². The summed E-state index contributed by atoms with van der Waals surface area (Å²) in [6.07, 6.45) is 2.24. The molecule has 29 heavy (non-hydrogen) atoms. The monoisotopic (exact) mass is 409 g/mol. The van der Waals surface area contributed by atoms with E-state index in [-0.39, 0.29) is 5.91 Å². The first kappa shape index (κ1) is 20.0. The van der Waals surface area contributed by atoms with Crippen molar-refractivity contribution in [3.05, 3.63) is 70.9 Å². The highest BCUT2D eigenvalue weighted by Crippen LogP contribution is 2.22. The number of hydrogen-bond acceptors (Lipinski definition) is 2. The van der Waals surface area contributed by atoms with Gasteiger partial charge in [-0.25, -0.2) is 0 Å². The Labute approximate surface area is 177 Å². The molecule has 1 fully saturated rings. The molecule has 2 aromatic carbocycles. The lowest BCUT2D eigenvalue weighted by Gasteiger charge is -2.34. The molecule has 0 unspecified atom stereocenters. The molecule has 4 nitrogen and oxygen atoms in total. The Morgan fingerprint density at radius 2 is 1.93 bits per heavy atom. The molecule has 0 radical (unpaired) electrons. The zero-order valence-corrected chi connectivity index (χ0v) is 17.7. The van der Waals surface area contributed by atoms with Gasteiger partial charge in [0.15, 0.2) is 0 Å². The lowest BCUT2D eigenvalue weighted by atomic mass is 9.95. The van der Waals surface area contributed by atoms with Crippen LogP contribution in [0.5, 0.6) is 0 Å². The van der Waals surface area contributed by atoms with Crippen molar-refractivity contribution < 1.29 is 4.79 Å². The molecule has 3 aromatic rings. The van der Waals surface area contributed by atoms with Crippen LogP contribution in [0.15, 0.2) is 54.6 Å². The summed E-state index contributed by atoms with van der Waals surface area (Å²) in [4.78, 5) is 20.8. The highest BCUT2D eigenvalue weighted by molar-refractivity contribution is 6.30. The average Bonchev–Trinajstić information content (AvgIpc) is 3.17. The van der Waals surface area contributed by atoms with Gasteiger partial charge < -0.3 is 9.88 Å². The predicted molar refractivity (Wildman–Crippen MR) is 119 cm³/mol. The van der Waals surface area contributed by atoms with E-state index in [1.54, 1.807) is 0 Å². The summed E-state index contributed by atoms with van der Waals surface area (Å²) in [5.41, 5.74) is 2.97. The van der Waals surface area contributed by atoms with Crippen LogP contribution >= 0.6 is 11.6 Å². The molecule has 0 atom stereocenters. The maximum atomic E-state index is 13.0. The van der Waals surface area contributed by atoms with E-state index < -0.39 is 0 Å². The van der Waals surface area contributed by atoms with E-state index in [0.29, 0.717) is 11.6 Å². The van der Waals surface area contributed by atoms with Crippen molar-refractivity contribution in [1.29, 1.82) is 0 Å². The number of H-pyrrole nitrogens is 1. The number of nitrogens with one attached hydrogen (secondary N) is 1. The summed E-state index contributed by atoms with van der Waals surface area (Å²) < 4.78 is 0. The third-order valence-corrected chi connectivity index (χ3v) is 6.15. The number of amides is 1. The molecule has 0 saturated carbocycles. The highest BCUT2D eigenvalue weighted by Gasteiger charge is 2.24. The quantitative estimate of drug-likeness (QED) is 0.608. The number of para-hydroxylation sites is 1. The number of likely N-dealkylation sites (tertiary alicyclic amines) is 1. The van der Waals surface area contributed by atoms with Crippen molar-refractivity contribution in [2.24, 2.45) is 5.92 Å². The molecule has 5 heteroatoms. The summed E-state index contributed by atoms with van der Waals surface area (Å²) in [7, 11) is 0. The van der Waals surface area contributed by atoms with Gasteiger partial charge >= 0.3 is 0 Å². The molecule has 2 heterocycles. The molecule has 1 N–H and O–H groups in total. The van der Waals surface area contributed by atoms with Crippen molar-refractivity contribution in [2.45, 2.75) is 26.3 Å². The molecule has 1 aliphatic heterocycles. The van der Waals surface area contributed by atoms with Gasteiger partial charge in [0, 0.05) is 35.6 Å². The van der Waals surface area contributed by atoms with Gasteiger partial charge in [0.25, 0.3) is 5.91 Å². The van der Waals surface area contributed by atoms with Crippen molar-refractivity contribution in [3.8, 4) is 0 Å². The molecular weight excluding hydrogens is 382 g/mol. The maximum Gasteiger partial charge on any atom is 0.270 e. The minimum Gasteiger partial charge on any atom is -0.351 e. The van der Waals surface area contributed by atoms with Crippen molar-refractivity contribution in [2.75, 3.05) is 26.2 Å². The summed E-state index contributed by atoms with van der Waals surface area (Å²) in [6.45, 7) is 6.70. The standard InChI is InChI=1S/C24H28ClN3O/c1-2-28(24(29)23-15-20-7-3-4-9-22(20)26-23)17-18-10-12-27(13-11-18)16-19-6-5-8-21(25)14-19/h3-9,14-15,18,26H,2,10-13,16-17H2,1H3. The first-order valence-electron chi connectivity index (χ1n) is 10.5. The Kier molecular flexibility index (Phi) is 6.22. The van der Waals surface area contributed by atoms with Crippen LogP contribution in [0, 0.1) is 5.92 Å². The number of benzene rings is 2. The zero-order chi connectivity index (χ0) is 20.2. The van der Waals surface area contributed by atoms with Gasteiger partial charge in [0.05, 0.1) is 0 Å². The maximum absolute atomic E-state index is 13.0. The second-order valence-electron chi connectivity index (χ2n) is 7.96. The zero-order valence-electron chi connectivity index (χ0n) is 16.9. The molecule has 1 saturated heterocycles. The summed E-state index contributed by atoms with van der Waals surface area (Å²) >= 11 is 6.11. The van der Waals surface area contributed by atoms with Gasteiger partial charge in [-0.15, -0.1) is 0 Å². The first-order valence-corrected chi connectivity index (χ1v) is 10.8. The number of carbonyl (C=O) groups excluding carboxylic acids is 1. The van der Waals surface area contributed by atoms with Crippen LogP contribution in [-0.4, -0.2) is 46.9 Å². The van der Waals surface area contributed by atoms with Crippen LogP contribution in [0.1, 0.15) is 35.8 Å². The van der Waals surface area contributed by atoms with Gasteiger partial charge in [-0.05, 0) is 68.6 Å². The molecule has 1 aliphatic rings. The molecule has 0 aliphatic carbocycles. The minimum absolute atomic E-state index is 0.102. The lowest BCUT2D eigenvalue weighted by molar-refractivity contribution is 0.0694. The van der Waals surface area contributed by atoms with Gasteiger partial charge in [0.1, 0.15) is 5.69 Å². The molecule has 152 valence electrons. The van der Waals surface area contributed by atoms with E-state index >= 15 is 0 Å². The Morgan fingerprint density at radius 1 is 1.14 bits per heavy atom. The number of aromatic amines is 1. The number of rotatable bonds is 6. The Balaban J connectivity index is 1.33. The number of aromatic nitrogens is 1. The van der Waals surface area contributed by atoms with E-state index in [4.69, 9.17) is 11.6 Å². The Morgan fingerprint density at radius 3 is 2.66 bits per heavy atom. The van der Waals surface area contributed by atoms with Crippen molar-refractivity contribution in [1.82, 2.24) is 14.8 Å². The molecule has 1 aromatic heterocycles. The van der Waals surface area contributed by atoms with E-state index in [1.807, 2.05) is 53.4 Å². The summed E-state index contributed by atoms with van der Waals surface area (Å²) in [5.74, 6) is 0.656. The Bertz CT molecular complexity index is 942. The molecule has 1 amide bonds. The van der Waals surface area contributed by atoms with Gasteiger partial charge in [0.2, 0.25) is 0 Å². The van der Waals surface area contributed by atoms with Gasteiger partial charge in [-0.3, -0.25) is 9.69 Å². The van der Waals surface area contributed by atoms with Crippen LogP contribution in [0.2, 0.25) is 5.02 Å². The second kappa shape index (κ2) is 9.02. The topological polar surface area (TPSA) is 39.3 Å². The fourth-order valence-corrected chi connectivity index (χ4v) is 4.46. The smallest absolute Gasteiger partial charge is 0.270 e. The van der Waals surface area contributed by atoms with E-state index in [1.165, 1.54) is 5.56 Å². The largest absolute Gasteiger partial charge is 0.351 e. The number of hydrogen-bond donors (Lipinski definition) is 1. The second-order valence-corrected chi connectivity index (χ2v) is 8.40. The number of nitrogens with zero attached hydrogens (tertiary/aromatic N) is 2. The number of carbonyl (C=O) groups is 1. The van der Waals surface area contributed by atoms with Crippen molar-refractivity contribution >= 4 is 28.4 Å². The predicted octanol–water partition coefficient (Wildman–Crippen LogP) is 5.20.